The summed E-state index contributed by atoms with van der Waals surface area (Å²) >= 11 is 0. The Morgan fingerprint density at radius 2 is 0.425 bits per heavy atom. The second-order valence-corrected chi connectivity index (χ2v) is 38.3. The molecule has 0 rings (SSSR count). The summed E-state index contributed by atoms with van der Waals surface area (Å²) in [6.07, 6.45) is 75.4. The molecule has 0 aromatic heterocycles. The van der Waals surface area contributed by atoms with E-state index in [1.165, 1.54) is 295 Å². The molecule has 19 heteroatoms. The Morgan fingerprint density at radius 1 is 0.248 bits per heavy atom. The molecule has 4 unspecified atom stereocenters. The van der Waals surface area contributed by atoms with Crippen molar-refractivity contribution in [2.45, 2.75) is 517 Å². The van der Waals surface area contributed by atoms with Gasteiger partial charge in [-0.1, -0.05) is 447 Å². The summed E-state index contributed by atoms with van der Waals surface area (Å²) in [6, 6.07) is 0. The standard InChI is InChI=1S/C94H184O17P2/c1-9-87(8)73-65-57-48-42-36-30-24-18-12-15-19-25-31-37-43-49-58-66-74-91(96)104-80-89(110-93(98)76-68-60-50-44-38-32-26-20-13-10-16-22-28-34-40-46-54-62-70-84(2)3)82-108-112(100,101)106-78-88(95)79-107-113(102,103)109-83-90(81-105-92(97)75-67-59-53-52-56-64-72-86(6)7)111-94(99)77-69-61-51-45-39-33-27-21-14-11-17-23-29-35-41-47-55-63-71-85(4)5/h84-90,95H,9-83H2,1-8H3,(H,100,101)(H,102,103)/t87?,88?,89-,90-/m1/s1. The first-order chi connectivity index (χ1) is 54.6. The molecule has 0 aliphatic carbocycles. The third kappa shape index (κ3) is 86.3. The van der Waals surface area contributed by atoms with Gasteiger partial charge in [0.2, 0.25) is 0 Å². The lowest BCUT2D eigenvalue weighted by Crippen LogP contribution is -2.30. The molecule has 17 nitrogen and oxygen atoms in total. The third-order valence-electron chi connectivity index (χ3n) is 22.4. The van der Waals surface area contributed by atoms with Crippen molar-refractivity contribution in [1.82, 2.24) is 0 Å². The van der Waals surface area contributed by atoms with Crippen LogP contribution in [0.2, 0.25) is 0 Å². The molecular weight excluding hydrogens is 1460 g/mol. The van der Waals surface area contributed by atoms with Crippen molar-refractivity contribution in [3.8, 4) is 0 Å². The lowest BCUT2D eigenvalue weighted by molar-refractivity contribution is -0.161. The molecule has 0 aliphatic rings. The monoisotopic (exact) mass is 1650 g/mol. The van der Waals surface area contributed by atoms with Gasteiger partial charge in [0.25, 0.3) is 0 Å². The second kappa shape index (κ2) is 82.4. The van der Waals surface area contributed by atoms with Crippen LogP contribution in [0.4, 0.5) is 0 Å². The van der Waals surface area contributed by atoms with Crippen LogP contribution in [0.1, 0.15) is 498 Å². The molecule has 6 atom stereocenters. The van der Waals surface area contributed by atoms with E-state index >= 15 is 0 Å². The summed E-state index contributed by atoms with van der Waals surface area (Å²) in [5, 5.41) is 10.7. The zero-order valence-corrected chi connectivity index (χ0v) is 76.8. The summed E-state index contributed by atoms with van der Waals surface area (Å²) < 4.78 is 69.1. The maximum absolute atomic E-state index is 13.2. The Hall–Kier alpha value is -1.94. The van der Waals surface area contributed by atoms with E-state index < -0.39 is 97.5 Å². The van der Waals surface area contributed by atoms with E-state index in [-0.39, 0.29) is 25.7 Å². The van der Waals surface area contributed by atoms with Gasteiger partial charge in [-0.3, -0.25) is 37.3 Å². The molecule has 3 N–H and O–H groups in total. The van der Waals surface area contributed by atoms with E-state index in [9.17, 15) is 43.2 Å². The number of rotatable bonds is 91. The fourth-order valence-electron chi connectivity index (χ4n) is 14.7. The Labute approximate surface area is 696 Å². The topological polar surface area (TPSA) is 237 Å². The molecule has 0 aliphatic heterocycles. The van der Waals surface area contributed by atoms with Crippen molar-refractivity contribution in [1.29, 1.82) is 0 Å². The molecule has 0 saturated heterocycles. The summed E-state index contributed by atoms with van der Waals surface area (Å²) in [5.74, 6) is 1.09. The van der Waals surface area contributed by atoms with Crippen molar-refractivity contribution in [2.75, 3.05) is 39.6 Å². The highest BCUT2D eigenvalue weighted by atomic mass is 31.2. The van der Waals surface area contributed by atoms with Gasteiger partial charge in [0.05, 0.1) is 26.4 Å². The number of carbonyl (C=O) groups is 4. The van der Waals surface area contributed by atoms with Crippen molar-refractivity contribution >= 4 is 39.5 Å². The van der Waals surface area contributed by atoms with Gasteiger partial charge in [-0.2, -0.15) is 0 Å². The van der Waals surface area contributed by atoms with E-state index in [1.54, 1.807) is 0 Å². The van der Waals surface area contributed by atoms with Crippen LogP contribution in [0.5, 0.6) is 0 Å². The van der Waals surface area contributed by atoms with Crippen LogP contribution in [0.3, 0.4) is 0 Å². The molecule has 0 fully saturated rings. The lowest BCUT2D eigenvalue weighted by Gasteiger charge is -2.21. The number of carbonyl (C=O) groups excluding carboxylic acids is 4. The van der Waals surface area contributed by atoms with E-state index in [0.29, 0.717) is 31.6 Å². The number of hydrogen-bond donors (Lipinski definition) is 3. The Morgan fingerprint density at radius 3 is 0.628 bits per heavy atom. The smallest absolute Gasteiger partial charge is 0.462 e. The fourth-order valence-corrected chi connectivity index (χ4v) is 16.3. The molecule has 672 valence electrons. The minimum atomic E-state index is -4.97. The van der Waals surface area contributed by atoms with Crippen molar-refractivity contribution in [3.05, 3.63) is 0 Å². The molecule has 0 aromatic carbocycles. The number of aliphatic hydroxyl groups is 1. The zero-order chi connectivity index (χ0) is 83.0. The molecular formula is C94H184O17P2. The molecule has 0 saturated carbocycles. The minimum absolute atomic E-state index is 0.107. The molecule has 0 amide bonds. The fraction of sp³-hybridized carbons (Fsp3) is 0.957. The van der Waals surface area contributed by atoms with E-state index in [4.69, 9.17) is 37.0 Å². The predicted molar refractivity (Wildman–Crippen MR) is 469 cm³/mol. The molecule has 0 bridgehead atoms. The van der Waals surface area contributed by atoms with E-state index in [1.807, 2.05) is 0 Å². The van der Waals surface area contributed by atoms with Crippen LogP contribution in [-0.2, 0) is 65.4 Å². The Balaban J connectivity index is 5.19. The van der Waals surface area contributed by atoms with Gasteiger partial charge in [-0.05, 0) is 49.4 Å². The highest BCUT2D eigenvalue weighted by molar-refractivity contribution is 7.47. The zero-order valence-electron chi connectivity index (χ0n) is 75.0. The highest BCUT2D eigenvalue weighted by Gasteiger charge is 2.31. The van der Waals surface area contributed by atoms with E-state index in [0.717, 1.165) is 114 Å². The molecule has 0 radical (unpaired) electrons. The van der Waals surface area contributed by atoms with Crippen LogP contribution in [0.25, 0.3) is 0 Å². The number of phosphoric ester groups is 2. The largest absolute Gasteiger partial charge is 0.472 e. The van der Waals surface area contributed by atoms with Gasteiger partial charge < -0.3 is 33.8 Å². The quantitative estimate of drug-likeness (QED) is 0.0222. The maximum atomic E-state index is 13.2. The summed E-state index contributed by atoms with van der Waals surface area (Å²) in [5.41, 5.74) is 0. The van der Waals surface area contributed by atoms with Crippen LogP contribution in [0, 0.1) is 23.7 Å². The average Bonchev–Trinajstić information content (AvgIpc) is 0.898. The molecule has 0 aromatic rings. The highest BCUT2D eigenvalue weighted by Crippen LogP contribution is 2.45. The SMILES string of the molecule is CCC(C)CCCCCCCCCCCCCCCCCCCCC(=O)OC[C@H](COP(=O)(O)OCC(O)COP(=O)(O)OC[C@@H](COC(=O)CCCCCCCCC(C)C)OC(=O)CCCCCCCCCCCCCCCCCCCCC(C)C)OC(=O)CCCCCCCCCCCCCCCCCCCCC(C)C. The summed E-state index contributed by atoms with van der Waals surface area (Å²) in [4.78, 5) is 73.4. The Bertz CT molecular complexity index is 2180. The first kappa shape index (κ1) is 111. The van der Waals surface area contributed by atoms with Gasteiger partial charge in [0.15, 0.2) is 12.2 Å². The van der Waals surface area contributed by atoms with Crippen LogP contribution in [-0.4, -0.2) is 96.7 Å². The first-order valence-corrected chi connectivity index (χ1v) is 51.2. The van der Waals surface area contributed by atoms with Crippen LogP contribution >= 0.6 is 15.6 Å². The van der Waals surface area contributed by atoms with Gasteiger partial charge in [0, 0.05) is 25.7 Å². The van der Waals surface area contributed by atoms with Gasteiger partial charge in [-0.25, -0.2) is 9.13 Å². The molecule has 0 heterocycles. The number of esters is 4. The average molecular weight is 1650 g/mol. The number of aliphatic hydroxyl groups excluding tert-OH is 1. The second-order valence-electron chi connectivity index (χ2n) is 35.4. The van der Waals surface area contributed by atoms with Crippen molar-refractivity contribution < 1.29 is 80.2 Å². The number of hydrogen-bond acceptors (Lipinski definition) is 15. The van der Waals surface area contributed by atoms with Gasteiger partial charge >= 0.3 is 39.5 Å². The third-order valence-corrected chi connectivity index (χ3v) is 24.3. The van der Waals surface area contributed by atoms with Gasteiger partial charge in [0.1, 0.15) is 19.3 Å². The first-order valence-electron chi connectivity index (χ1n) is 48.2. The Kier molecular flexibility index (Phi) is 81.0. The number of phosphoric acid groups is 2. The minimum Gasteiger partial charge on any atom is -0.462 e. The predicted octanol–water partition coefficient (Wildman–Crippen LogP) is 29.1. The number of ether oxygens (including phenoxy) is 4. The van der Waals surface area contributed by atoms with Crippen LogP contribution in [0.15, 0.2) is 0 Å². The molecule has 0 spiro atoms. The number of unbranched alkanes of at least 4 members (excludes halogenated alkanes) is 56. The lowest BCUT2D eigenvalue weighted by atomic mass is 9.99. The van der Waals surface area contributed by atoms with E-state index in [2.05, 4.69) is 55.4 Å². The molecule has 113 heavy (non-hydrogen) atoms. The summed E-state index contributed by atoms with van der Waals surface area (Å²) in [7, 11) is -9.94. The van der Waals surface area contributed by atoms with Crippen LogP contribution < -0.4 is 0 Å². The van der Waals surface area contributed by atoms with Crippen molar-refractivity contribution in [2.24, 2.45) is 23.7 Å². The summed E-state index contributed by atoms with van der Waals surface area (Å²) in [6.45, 7) is 14.4. The van der Waals surface area contributed by atoms with Gasteiger partial charge in [-0.15, -0.1) is 0 Å². The maximum Gasteiger partial charge on any atom is 0.472 e. The van der Waals surface area contributed by atoms with Crippen molar-refractivity contribution in [3.63, 3.8) is 0 Å². The normalized spacial score (nSPS) is 14.0.